The van der Waals surface area contributed by atoms with Crippen LogP contribution in [0.3, 0.4) is 0 Å². The molecule has 0 aromatic heterocycles. The summed E-state index contributed by atoms with van der Waals surface area (Å²) < 4.78 is 11.0. The van der Waals surface area contributed by atoms with Crippen molar-refractivity contribution in [2.45, 2.75) is 45.0 Å². The van der Waals surface area contributed by atoms with Gasteiger partial charge in [-0.05, 0) is 33.1 Å². The van der Waals surface area contributed by atoms with Crippen molar-refractivity contribution in [2.75, 3.05) is 13.2 Å². The quantitative estimate of drug-likeness (QED) is 0.544. The molecule has 82 valence electrons. The predicted octanol–water partition coefficient (Wildman–Crippen LogP) is 1.86. The molecule has 1 aliphatic rings. The Morgan fingerprint density at radius 2 is 2.21 bits per heavy atom. The minimum Gasteiger partial charge on any atom is -0.396 e. The fourth-order valence-electron chi connectivity index (χ4n) is 1.43. The summed E-state index contributed by atoms with van der Waals surface area (Å²) in [5.74, 6) is -0.430. The molecular weight excluding hydrogens is 180 g/mol. The van der Waals surface area contributed by atoms with E-state index in [9.17, 15) is 0 Å². The third kappa shape index (κ3) is 4.22. The van der Waals surface area contributed by atoms with Gasteiger partial charge in [-0.1, -0.05) is 12.2 Å². The Balaban J connectivity index is 2.13. The molecule has 0 saturated carbocycles. The first kappa shape index (κ1) is 11.7. The van der Waals surface area contributed by atoms with E-state index in [0.717, 1.165) is 19.3 Å². The molecule has 1 unspecified atom stereocenters. The fraction of sp³-hybridized carbons (Fsp3) is 0.818. The van der Waals surface area contributed by atoms with Crippen LogP contribution in [0.2, 0.25) is 0 Å². The minimum atomic E-state index is -0.430. The molecule has 1 N–H and O–H groups in total. The van der Waals surface area contributed by atoms with Crippen molar-refractivity contribution in [3.05, 3.63) is 12.2 Å². The van der Waals surface area contributed by atoms with Crippen LogP contribution in [0.1, 0.15) is 33.1 Å². The molecule has 1 fully saturated rings. The molecule has 0 spiro atoms. The summed E-state index contributed by atoms with van der Waals surface area (Å²) in [6.07, 6.45) is 7.15. The topological polar surface area (TPSA) is 38.7 Å². The van der Waals surface area contributed by atoms with Gasteiger partial charge in [-0.25, -0.2) is 0 Å². The first-order chi connectivity index (χ1) is 6.64. The number of aliphatic hydroxyl groups excluding tert-OH is 1. The summed E-state index contributed by atoms with van der Waals surface area (Å²) in [4.78, 5) is 0. The van der Waals surface area contributed by atoms with Crippen molar-refractivity contribution < 1.29 is 14.6 Å². The lowest BCUT2D eigenvalue weighted by Gasteiger charge is -2.15. The van der Waals surface area contributed by atoms with Crippen LogP contribution >= 0.6 is 0 Å². The Kier molecular flexibility index (Phi) is 4.58. The highest BCUT2D eigenvalue weighted by molar-refractivity contribution is 4.92. The second-order valence-corrected chi connectivity index (χ2v) is 4.01. The lowest BCUT2D eigenvalue weighted by molar-refractivity contribution is -0.133. The number of ether oxygens (including phenoxy) is 2. The first-order valence-corrected chi connectivity index (χ1v) is 5.23. The lowest BCUT2D eigenvalue weighted by Crippen LogP contribution is -2.20. The van der Waals surface area contributed by atoms with Crippen molar-refractivity contribution in [1.82, 2.24) is 0 Å². The van der Waals surface area contributed by atoms with E-state index >= 15 is 0 Å². The zero-order chi connectivity index (χ0) is 10.4. The average Bonchev–Trinajstić information content (AvgIpc) is 2.45. The van der Waals surface area contributed by atoms with E-state index in [1.165, 1.54) is 0 Å². The van der Waals surface area contributed by atoms with Gasteiger partial charge < -0.3 is 14.6 Å². The Bertz CT molecular complexity index is 187. The molecule has 14 heavy (non-hydrogen) atoms. The van der Waals surface area contributed by atoms with Crippen molar-refractivity contribution in [3.63, 3.8) is 0 Å². The van der Waals surface area contributed by atoms with Crippen LogP contribution in [0.25, 0.3) is 0 Å². The van der Waals surface area contributed by atoms with Crippen LogP contribution in [0.15, 0.2) is 12.2 Å². The van der Waals surface area contributed by atoms with E-state index in [4.69, 9.17) is 14.6 Å². The zero-order valence-electron chi connectivity index (χ0n) is 9.03. The molecule has 0 bridgehead atoms. The SMILES string of the molecule is CC1(C)OCC(C=CCCCCO)O1. The molecule has 0 aromatic carbocycles. The average molecular weight is 200 g/mol. The van der Waals surface area contributed by atoms with Crippen LogP contribution in [0, 0.1) is 0 Å². The fourth-order valence-corrected chi connectivity index (χ4v) is 1.43. The first-order valence-electron chi connectivity index (χ1n) is 5.23. The summed E-state index contributed by atoms with van der Waals surface area (Å²) in [5, 5.41) is 8.58. The van der Waals surface area contributed by atoms with E-state index in [0.29, 0.717) is 6.61 Å². The monoisotopic (exact) mass is 200 g/mol. The van der Waals surface area contributed by atoms with E-state index in [1.807, 2.05) is 19.9 Å². The Labute approximate surface area is 85.7 Å². The van der Waals surface area contributed by atoms with Crippen LogP contribution < -0.4 is 0 Å². The van der Waals surface area contributed by atoms with Gasteiger partial charge in [0.1, 0.15) is 6.10 Å². The summed E-state index contributed by atoms with van der Waals surface area (Å²) in [6.45, 7) is 4.77. The van der Waals surface area contributed by atoms with Crippen LogP contribution in [0.4, 0.5) is 0 Å². The van der Waals surface area contributed by atoms with E-state index in [1.54, 1.807) is 0 Å². The molecule has 1 rings (SSSR count). The van der Waals surface area contributed by atoms with Gasteiger partial charge in [0.25, 0.3) is 0 Å². The molecule has 1 heterocycles. The molecule has 1 atom stereocenters. The minimum absolute atomic E-state index is 0.0964. The molecular formula is C11H20O3. The predicted molar refractivity (Wildman–Crippen MR) is 55.0 cm³/mol. The Morgan fingerprint density at radius 1 is 1.43 bits per heavy atom. The molecule has 0 amide bonds. The number of hydrogen-bond donors (Lipinski definition) is 1. The van der Waals surface area contributed by atoms with Crippen molar-refractivity contribution >= 4 is 0 Å². The molecule has 1 aliphatic heterocycles. The summed E-state index contributed by atoms with van der Waals surface area (Å²) in [7, 11) is 0. The molecule has 0 aliphatic carbocycles. The van der Waals surface area contributed by atoms with Crippen molar-refractivity contribution in [3.8, 4) is 0 Å². The number of rotatable bonds is 5. The number of aliphatic hydroxyl groups is 1. The number of unbranched alkanes of at least 4 members (excludes halogenated alkanes) is 2. The third-order valence-corrected chi connectivity index (χ3v) is 2.16. The van der Waals surface area contributed by atoms with E-state index < -0.39 is 5.79 Å². The second-order valence-electron chi connectivity index (χ2n) is 4.01. The molecule has 1 saturated heterocycles. The normalized spacial score (nSPS) is 26.1. The summed E-state index contributed by atoms with van der Waals surface area (Å²) in [6, 6.07) is 0. The van der Waals surface area contributed by atoms with Crippen LogP contribution in [-0.2, 0) is 9.47 Å². The van der Waals surface area contributed by atoms with Gasteiger partial charge in [-0.3, -0.25) is 0 Å². The maximum atomic E-state index is 8.58. The highest BCUT2D eigenvalue weighted by Crippen LogP contribution is 2.22. The maximum absolute atomic E-state index is 8.58. The molecule has 0 radical (unpaired) electrons. The zero-order valence-corrected chi connectivity index (χ0v) is 9.03. The van der Waals surface area contributed by atoms with Gasteiger partial charge in [0.15, 0.2) is 5.79 Å². The second kappa shape index (κ2) is 5.49. The van der Waals surface area contributed by atoms with Crippen molar-refractivity contribution in [2.24, 2.45) is 0 Å². The Hall–Kier alpha value is -0.380. The summed E-state index contributed by atoms with van der Waals surface area (Å²) in [5.41, 5.74) is 0. The third-order valence-electron chi connectivity index (χ3n) is 2.16. The van der Waals surface area contributed by atoms with E-state index in [2.05, 4.69) is 6.08 Å². The van der Waals surface area contributed by atoms with Crippen molar-refractivity contribution in [1.29, 1.82) is 0 Å². The highest BCUT2D eigenvalue weighted by Gasteiger charge is 2.30. The Morgan fingerprint density at radius 3 is 2.79 bits per heavy atom. The lowest BCUT2D eigenvalue weighted by atomic mass is 10.2. The van der Waals surface area contributed by atoms with Crippen LogP contribution in [0.5, 0.6) is 0 Å². The molecule has 3 heteroatoms. The number of hydrogen-bond acceptors (Lipinski definition) is 3. The standard InChI is InChI=1S/C11H20O3/c1-11(2)13-9-10(14-11)7-5-3-4-6-8-12/h5,7,10,12H,3-4,6,8-9H2,1-2H3. The largest absolute Gasteiger partial charge is 0.396 e. The van der Waals surface area contributed by atoms with Gasteiger partial charge in [0.05, 0.1) is 6.61 Å². The highest BCUT2D eigenvalue weighted by atomic mass is 16.7. The summed E-state index contributed by atoms with van der Waals surface area (Å²) >= 11 is 0. The van der Waals surface area contributed by atoms with Gasteiger partial charge in [0, 0.05) is 6.61 Å². The smallest absolute Gasteiger partial charge is 0.163 e. The van der Waals surface area contributed by atoms with Gasteiger partial charge in [-0.2, -0.15) is 0 Å². The maximum Gasteiger partial charge on any atom is 0.163 e. The van der Waals surface area contributed by atoms with Gasteiger partial charge in [-0.15, -0.1) is 0 Å². The molecule has 3 nitrogen and oxygen atoms in total. The van der Waals surface area contributed by atoms with Gasteiger partial charge in [0.2, 0.25) is 0 Å². The molecule has 0 aromatic rings. The van der Waals surface area contributed by atoms with E-state index in [-0.39, 0.29) is 12.7 Å². The van der Waals surface area contributed by atoms with Gasteiger partial charge >= 0.3 is 0 Å². The van der Waals surface area contributed by atoms with Crippen LogP contribution in [-0.4, -0.2) is 30.2 Å². The number of allylic oxidation sites excluding steroid dienone is 1.